The number of fused-ring (bicyclic) bond motifs is 1. The Balaban J connectivity index is 2.18. The van der Waals surface area contributed by atoms with Crippen LogP contribution in [0.4, 0.5) is 0 Å². The van der Waals surface area contributed by atoms with Crippen LogP contribution >= 0.6 is 0 Å². The lowest BCUT2D eigenvalue weighted by molar-refractivity contribution is -0.137. The third kappa shape index (κ3) is 2.35. The average Bonchev–Trinajstić information content (AvgIpc) is 2.83. The van der Waals surface area contributed by atoms with Crippen LogP contribution < -0.4 is 10.5 Å². The average molecular weight is 299 g/mol. The van der Waals surface area contributed by atoms with Crippen molar-refractivity contribution in [3.05, 3.63) is 53.0 Å². The Bertz CT molecular complexity index is 889. The second-order valence-electron chi connectivity index (χ2n) is 4.73. The fourth-order valence-electron chi connectivity index (χ4n) is 2.37. The molecule has 0 saturated heterocycles. The minimum atomic E-state index is -1.10. The van der Waals surface area contributed by atoms with Crippen molar-refractivity contribution in [3.63, 3.8) is 0 Å². The molecule has 0 aliphatic carbocycles. The van der Waals surface area contributed by atoms with Gasteiger partial charge >= 0.3 is 11.7 Å². The van der Waals surface area contributed by atoms with Crippen molar-refractivity contribution in [2.45, 2.75) is 6.54 Å². The number of rotatable bonds is 4. The Kier molecular flexibility index (Phi) is 3.42. The van der Waals surface area contributed by atoms with Crippen LogP contribution in [0.1, 0.15) is 0 Å². The second-order valence-corrected chi connectivity index (χ2v) is 4.73. The van der Waals surface area contributed by atoms with Gasteiger partial charge in [-0.05, 0) is 23.8 Å². The molecule has 1 N–H and O–H groups in total. The molecule has 1 aromatic heterocycles. The normalized spacial score (nSPS) is 10.8. The maximum absolute atomic E-state index is 11.9. The molecule has 22 heavy (non-hydrogen) atoms. The largest absolute Gasteiger partial charge is 0.497 e. The van der Waals surface area contributed by atoms with Crippen molar-refractivity contribution >= 4 is 17.1 Å². The van der Waals surface area contributed by atoms with Crippen molar-refractivity contribution in [3.8, 4) is 16.9 Å². The van der Waals surface area contributed by atoms with Crippen molar-refractivity contribution in [2.24, 2.45) is 0 Å². The number of aromatic nitrogens is 1. The monoisotopic (exact) mass is 299 g/mol. The second kappa shape index (κ2) is 5.40. The van der Waals surface area contributed by atoms with Crippen molar-refractivity contribution in [2.75, 3.05) is 7.11 Å². The van der Waals surface area contributed by atoms with Gasteiger partial charge in [0, 0.05) is 5.56 Å². The molecular formula is C16H13NO5. The Morgan fingerprint density at radius 1 is 1.23 bits per heavy atom. The number of carbonyl (C=O) groups is 1. The van der Waals surface area contributed by atoms with Gasteiger partial charge in [0.1, 0.15) is 12.3 Å². The zero-order chi connectivity index (χ0) is 15.7. The highest BCUT2D eigenvalue weighted by atomic mass is 16.5. The summed E-state index contributed by atoms with van der Waals surface area (Å²) in [6, 6.07) is 12.6. The van der Waals surface area contributed by atoms with Crippen LogP contribution in [0.5, 0.6) is 5.75 Å². The predicted octanol–water partition coefficient (Wildman–Crippen LogP) is 2.35. The van der Waals surface area contributed by atoms with Gasteiger partial charge in [0.15, 0.2) is 5.58 Å². The molecule has 0 aliphatic rings. The molecule has 0 amide bonds. The summed E-state index contributed by atoms with van der Waals surface area (Å²) in [5.41, 5.74) is 2.41. The van der Waals surface area contributed by atoms with Gasteiger partial charge in [-0.2, -0.15) is 0 Å². The van der Waals surface area contributed by atoms with Crippen LogP contribution in [0.3, 0.4) is 0 Å². The van der Waals surface area contributed by atoms with Gasteiger partial charge in [-0.1, -0.05) is 24.3 Å². The molecule has 112 valence electrons. The standard InChI is InChI=1S/C16H13NO5/c1-21-11-7-5-10(6-8-11)12-3-2-4-13-15(12)22-16(20)17(13)9-14(18)19/h2-8H,9H2,1H3,(H,18,19). The summed E-state index contributed by atoms with van der Waals surface area (Å²) in [6.07, 6.45) is 0. The molecule has 0 fully saturated rings. The quantitative estimate of drug-likeness (QED) is 0.799. The number of ether oxygens (including phenoxy) is 1. The van der Waals surface area contributed by atoms with Gasteiger partial charge in [0.25, 0.3) is 0 Å². The molecule has 3 aromatic rings. The highest BCUT2D eigenvalue weighted by Gasteiger charge is 2.15. The first kappa shape index (κ1) is 13.9. The van der Waals surface area contributed by atoms with E-state index in [1.54, 1.807) is 31.4 Å². The Morgan fingerprint density at radius 2 is 1.95 bits per heavy atom. The summed E-state index contributed by atoms with van der Waals surface area (Å²) in [5, 5.41) is 8.90. The third-order valence-electron chi connectivity index (χ3n) is 3.39. The molecule has 0 aliphatic heterocycles. The zero-order valence-electron chi connectivity index (χ0n) is 11.8. The Morgan fingerprint density at radius 3 is 2.59 bits per heavy atom. The van der Waals surface area contributed by atoms with Gasteiger partial charge in [-0.25, -0.2) is 4.79 Å². The minimum Gasteiger partial charge on any atom is -0.497 e. The van der Waals surface area contributed by atoms with Gasteiger partial charge in [-0.15, -0.1) is 0 Å². The number of para-hydroxylation sites is 1. The smallest absolute Gasteiger partial charge is 0.420 e. The van der Waals surface area contributed by atoms with E-state index in [0.717, 1.165) is 21.4 Å². The maximum Gasteiger partial charge on any atom is 0.420 e. The molecule has 2 aromatic carbocycles. The van der Waals surface area contributed by atoms with Gasteiger partial charge in [-0.3, -0.25) is 9.36 Å². The van der Waals surface area contributed by atoms with Crippen LogP contribution in [0.15, 0.2) is 51.7 Å². The number of aliphatic carboxylic acids is 1. The summed E-state index contributed by atoms with van der Waals surface area (Å²) >= 11 is 0. The van der Waals surface area contributed by atoms with Gasteiger partial charge in [0.2, 0.25) is 0 Å². The van der Waals surface area contributed by atoms with E-state index in [0.29, 0.717) is 11.1 Å². The van der Waals surface area contributed by atoms with E-state index in [-0.39, 0.29) is 0 Å². The molecular weight excluding hydrogens is 286 g/mol. The van der Waals surface area contributed by atoms with E-state index in [9.17, 15) is 9.59 Å². The fraction of sp³-hybridized carbons (Fsp3) is 0.125. The number of hydrogen-bond donors (Lipinski definition) is 1. The lowest BCUT2D eigenvalue weighted by Gasteiger charge is -2.04. The first-order chi connectivity index (χ1) is 10.6. The van der Waals surface area contributed by atoms with E-state index in [2.05, 4.69) is 0 Å². The first-order valence-corrected chi connectivity index (χ1v) is 6.58. The first-order valence-electron chi connectivity index (χ1n) is 6.58. The minimum absolute atomic E-state index is 0.374. The molecule has 1 heterocycles. The molecule has 0 bridgehead atoms. The number of methoxy groups -OCH3 is 1. The van der Waals surface area contributed by atoms with E-state index >= 15 is 0 Å². The van der Waals surface area contributed by atoms with E-state index in [1.165, 1.54) is 0 Å². The fourth-order valence-corrected chi connectivity index (χ4v) is 2.37. The Labute approximate surface area is 125 Å². The predicted molar refractivity (Wildman–Crippen MR) is 80.1 cm³/mol. The Hall–Kier alpha value is -3.02. The highest BCUT2D eigenvalue weighted by molar-refractivity contribution is 5.91. The van der Waals surface area contributed by atoms with E-state index in [1.807, 2.05) is 18.2 Å². The van der Waals surface area contributed by atoms with Gasteiger partial charge < -0.3 is 14.3 Å². The van der Waals surface area contributed by atoms with Crippen LogP contribution in [0.2, 0.25) is 0 Å². The molecule has 0 radical (unpaired) electrons. The number of benzene rings is 2. The number of oxazole rings is 1. The zero-order valence-corrected chi connectivity index (χ0v) is 11.8. The van der Waals surface area contributed by atoms with Crippen molar-refractivity contribution in [1.29, 1.82) is 0 Å². The molecule has 6 nitrogen and oxygen atoms in total. The van der Waals surface area contributed by atoms with E-state index < -0.39 is 18.3 Å². The van der Waals surface area contributed by atoms with Crippen LogP contribution in [0.25, 0.3) is 22.2 Å². The van der Waals surface area contributed by atoms with Gasteiger partial charge in [0.05, 0.1) is 12.6 Å². The van der Waals surface area contributed by atoms with Crippen LogP contribution in [0, 0.1) is 0 Å². The molecule has 0 unspecified atom stereocenters. The van der Waals surface area contributed by atoms with Crippen molar-refractivity contribution < 1.29 is 19.1 Å². The molecule has 0 atom stereocenters. The summed E-state index contributed by atoms with van der Waals surface area (Å²) in [4.78, 5) is 22.7. The lowest BCUT2D eigenvalue weighted by atomic mass is 10.0. The molecule has 3 rings (SSSR count). The summed E-state index contributed by atoms with van der Waals surface area (Å²) in [7, 11) is 1.58. The summed E-state index contributed by atoms with van der Waals surface area (Å²) < 4.78 is 11.5. The summed E-state index contributed by atoms with van der Waals surface area (Å²) in [5.74, 6) is -1.06. The maximum atomic E-state index is 11.9. The molecule has 0 spiro atoms. The number of carboxylic acid groups (broad SMARTS) is 1. The number of hydrogen-bond acceptors (Lipinski definition) is 4. The molecule has 6 heteroatoms. The molecule has 0 saturated carbocycles. The van der Waals surface area contributed by atoms with Crippen LogP contribution in [-0.4, -0.2) is 22.8 Å². The topological polar surface area (TPSA) is 81.7 Å². The van der Waals surface area contributed by atoms with Crippen molar-refractivity contribution in [1.82, 2.24) is 4.57 Å². The summed E-state index contributed by atoms with van der Waals surface area (Å²) in [6.45, 7) is -0.433. The third-order valence-corrected chi connectivity index (χ3v) is 3.39. The number of nitrogens with zero attached hydrogens (tertiary/aromatic N) is 1. The number of carboxylic acids is 1. The SMILES string of the molecule is COc1ccc(-c2cccc3c2oc(=O)n3CC(=O)O)cc1. The lowest BCUT2D eigenvalue weighted by Crippen LogP contribution is -2.19. The van der Waals surface area contributed by atoms with E-state index in [4.69, 9.17) is 14.3 Å². The van der Waals surface area contributed by atoms with Crippen LogP contribution in [-0.2, 0) is 11.3 Å². The highest BCUT2D eigenvalue weighted by Crippen LogP contribution is 2.29.